The standard InChI is InChI=1S/C30H33N5O/c1-35(2)28-26-14-8-9-15-27(26)33-30(34-28)31-20-21-16-18-23(19-17-21)32-29(36)25-13-7-6-12-24(25)22-10-4-3-5-11-22/h3-15,21,23H,16-20H2,1-2H3,(H,32,36)(H,31,33,34). The molecule has 1 amide bonds. The summed E-state index contributed by atoms with van der Waals surface area (Å²) in [6, 6.07) is 26.3. The van der Waals surface area contributed by atoms with E-state index in [0.717, 1.165) is 65.6 Å². The molecule has 0 radical (unpaired) electrons. The van der Waals surface area contributed by atoms with Gasteiger partial charge in [-0.15, -0.1) is 0 Å². The van der Waals surface area contributed by atoms with E-state index in [-0.39, 0.29) is 11.9 Å². The fraction of sp³-hybridized carbons (Fsp3) is 0.300. The zero-order valence-corrected chi connectivity index (χ0v) is 20.9. The molecule has 0 spiro atoms. The molecule has 1 heterocycles. The Morgan fingerprint density at radius 3 is 2.33 bits per heavy atom. The lowest BCUT2D eigenvalue weighted by Crippen LogP contribution is -2.38. The van der Waals surface area contributed by atoms with Gasteiger partial charge in [-0.1, -0.05) is 60.7 Å². The molecule has 184 valence electrons. The van der Waals surface area contributed by atoms with Gasteiger partial charge in [0.25, 0.3) is 5.91 Å². The molecule has 1 fully saturated rings. The smallest absolute Gasteiger partial charge is 0.252 e. The van der Waals surface area contributed by atoms with Gasteiger partial charge in [0.05, 0.1) is 5.52 Å². The molecule has 0 unspecified atom stereocenters. The van der Waals surface area contributed by atoms with Gasteiger partial charge in [-0.25, -0.2) is 4.98 Å². The second kappa shape index (κ2) is 10.8. The summed E-state index contributed by atoms with van der Waals surface area (Å²) in [5.41, 5.74) is 3.71. The number of rotatable bonds is 7. The van der Waals surface area contributed by atoms with Crippen LogP contribution in [0.3, 0.4) is 0 Å². The lowest BCUT2D eigenvalue weighted by molar-refractivity contribution is 0.0923. The third-order valence-corrected chi connectivity index (χ3v) is 6.99. The van der Waals surface area contributed by atoms with Crippen molar-refractivity contribution in [3.8, 4) is 11.1 Å². The van der Waals surface area contributed by atoms with Crippen molar-refractivity contribution in [3.05, 3.63) is 84.4 Å². The zero-order valence-electron chi connectivity index (χ0n) is 20.9. The van der Waals surface area contributed by atoms with Crippen molar-refractivity contribution in [2.75, 3.05) is 30.9 Å². The van der Waals surface area contributed by atoms with Crippen LogP contribution in [0.25, 0.3) is 22.0 Å². The Morgan fingerprint density at radius 1 is 0.861 bits per heavy atom. The number of amides is 1. The van der Waals surface area contributed by atoms with Gasteiger partial charge in [-0.3, -0.25) is 4.79 Å². The third kappa shape index (κ3) is 5.33. The van der Waals surface area contributed by atoms with E-state index in [9.17, 15) is 4.79 Å². The first-order chi connectivity index (χ1) is 17.6. The number of hydrogen-bond donors (Lipinski definition) is 2. The number of hydrogen-bond acceptors (Lipinski definition) is 5. The molecule has 1 aliphatic carbocycles. The van der Waals surface area contributed by atoms with Crippen LogP contribution < -0.4 is 15.5 Å². The lowest BCUT2D eigenvalue weighted by atomic mass is 9.85. The molecule has 3 aromatic carbocycles. The van der Waals surface area contributed by atoms with E-state index >= 15 is 0 Å². The summed E-state index contributed by atoms with van der Waals surface area (Å²) >= 11 is 0. The largest absolute Gasteiger partial charge is 0.362 e. The van der Waals surface area contributed by atoms with Crippen molar-refractivity contribution >= 4 is 28.6 Å². The van der Waals surface area contributed by atoms with Gasteiger partial charge in [-0.05, 0) is 60.9 Å². The van der Waals surface area contributed by atoms with Crippen LogP contribution in [0.4, 0.5) is 11.8 Å². The highest BCUT2D eigenvalue weighted by atomic mass is 16.1. The van der Waals surface area contributed by atoms with Crippen molar-refractivity contribution in [1.82, 2.24) is 15.3 Å². The minimum Gasteiger partial charge on any atom is -0.362 e. The zero-order chi connectivity index (χ0) is 24.9. The first kappa shape index (κ1) is 23.8. The van der Waals surface area contributed by atoms with Crippen LogP contribution >= 0.6 is 0 Å². The van der Waals surface area contributed by atoms with Crippen molar-refractivity contribution in [2.45, 2.75) is 31.7 Å². The highest BCUT2D eigenvalue weighted by molar-refractivity contribution is 6.01. The van der Waals surface area contributed by atoms with Crippen LogP contribution in [0.15, 0.2) is 78.9 Å². The van der Waals surface area contributed by atoms with Crippen LogP contribution in [-0.4, -0.2) is 42.6 Å². The molecule has 1 aromatic heterocycles. The highest BCUT2D eigenvalue weighted by Crippen LogP contribution is 2.28. The molecule has 36 heavy (non-hydrogen) atoms. The molecular weight excluding hydrogens is 446 g/mol. The maximum atomic E-state index is 13.1. The minimum atomic E-state index is 0.0109. The molecule has 5 rings (SSSR count). The van der Waals surface area contributed by atoms with Crippen LogP contribution in [0.5, 0.6) is 0 Å². The Bertz CT molecular complexity index is 1330. The fourth-order valence-electron chi connectivity index (χ4n) is 5.04. The summed E-state index contributed by atoms with van der Waals surface area (Å²) in [4.78, 5) is 24.6. The van der Waals surface area contributed by atoms with Crippen LogP contribution in [0.2, 0.25) is 0 Å². The molecule has 0 saturated heterocycles. The number of anilines is 2. The Kier molecular flexibility index (Phi) is 7.12. The van der Waals surface area contributed by atoms with Gasteiger partial charge in [0.15, 0.2) is 0 Å². The molecular formula is C30H33N5O. The predicted octanol–water partition coefficient (Wildman–Crippen LogP) is 5.76. The summed E-state index contributed by atoms with van der Waals surface area (Å²) in [5.74, 6) is 2.14. The van der Waals surface area contributed by atoms with Gasteiger partial charge in [0, 0.05) is 37.6 Å². The van der Waals surface area contributed by atoms with Crippen molar-refractivity contribution in [2.24, 2.45) is 5.92 Å². The summed E-state index contributed by atoms with van der Waals surface area (Å²) < 4.78 is 0. The average Bonchev–Trinajstić information content (AvgIpc) is 2.92. The number of nitrogens with one attached hydrogen (secondary N) is 2. The summed E-state index contributed by atoms with van der Waals surface area (Å²) in [6.45, 7) is 0.836. The molecule has 2 N–H and O–H groups in total. The number of aromatic nitrogens is 2. The number of carbonyl (C=O) groups is 1. The molecule has 0 bridgehead atoms. The number of benzene rings is 3. The molecule has 1 saturated carbocycles. The van der Waals surface area contributed by atoms with Gasteiger partial charge in [-0.2, -0.15) is 4.98 Å². The number of para-hydroxylation sites is 1. The highest BCUT2D eigenvalue weighted by Gasteiger charge is 2.24. The Morgan fingerprint density at radius 2 is 1.56 bits per heavy atom. The maximum Gasteiger partial charge on any atom is 0.252 e. The topological polar surface area (TPSA) is 70.2 Å². The summed E-state index contributed by atoms with van der Waals surface area (Å²) in [7, 11) is 4.01. The van der Waals surface area contributed by atoms with E-state index in [4.69, 9.17) is 9.97 Å². The van der Waals surface area contributed by atoms with E-state index in [1.807, 2.05) is 91.8 Å². The van der Waals surface area contributed by atoms with Gasteiger partial charge in [0.2, 0.25) is 5.95 Å². The third-order valence-electron chi connectivity index (χ3n) is 6.99. The molecule has 6 nitrogen and oxygen atoms in total. The number of nitrogens with zero attached hydrogens (tertiary/aromatic N) is 3. The summed E-state index contributed by atoms with van der Waals surface area (Å²) in [5, 5.41) is 7.82. The maximum absolute atomic E-state index is 13.1. The first-order valence-corrected chi connectivity index (χ1v) is 12.7. The molecule has 4 aromatic rings. The van der Waals surface area contributed by atoms with E-state index < -0.39 is 0 Å². The van der Waals surface area contributed by atoms with E-state index in [0.29, 0.717) is 11.9 Å². The molecule has 0 aliphatic heterocycles. The van der Waals surface area contributed by atoms with Crippen LogP contribution in [0, 0.1) is 5.92 Å². The quantitative estimate of drug-likeness (QED) is 0.352. The normalized spacial score (nSPS) is 17.5. The van der Waals surface area contributed by atoms with E-state index in [2.05, 4.69) is 16.7 Å². The van der Waals surface area contributed by atoms with Crippen molar-refractivity contribution in [3.63, 3.8) is 0 Å². The Balaban J connectivity index is 1.17. The molecule has 1 aliphatic rings. The Hall–Kier alpha value is -3.93. The van der Waals surface area contributed by atoms with Gasteiger partial charge in [0.1, 0.15) is 5.82 Å². The number of fused-ring (bicyclic) bond motifs is 1. The van der Waals surface area contributed by atoms with Crippen molar-refractivity contribution in [1.29, 1.82) is 0 Å². The lowest BCUT2D eigenvalue weighted by Gasteiger charge is -2.29. The van der Waals surface area contributed by atoms with Crippen LogP contribution in [0.1, 0.15) is 36.0 Å². The van der Waals surface area contributed by atoms with E-state index in [1.54, 1.807) is 0 Å². The van der Waals surface area contributed by atoms with E-state index in [1.165, 1.54) is 0 Å². The summed E-state index contributed by atoms with van der Waals surface area (Å²) in [6.07, 6.45) is 4.08. The molecule has 6 heteroatoms. The molecule has 0 atom stereocenters. The second-order valence-electron chi connectivity index (χ2n) is 9.77. The average molecular weight is 480 g/mol. The predicted molar refractivity (Wildman–Crippen MR) is 147 cm³/mol. The first-order valence-electron chi connectivity index (χ1n) is 12.7. The Labute approximate surface area is 212 Å². The fourth-order valence-corrected chi connectivity index (χ4v) is 5.04. The van der Waals surface area contributed by atoms with Crippen molar-refractivity contribution < 1.29 is 4.79 Å². The monoisotopic (exact) mass is 479 g/mol. The van der Waals surface area contributed by atoms with Crippen LogP contribution in [-0.2, 0) is 0 Å². The van der Waals surface area contributed by atoms with Gasteiger partial charge >= 0.3 is 0 Å². The van der Waals surface area contributed by atoms with Gasteiger partial charge < -0.3 is 15.5 Å². The second-order valence-corrected chi connectivity index (χ2v) is 9.77. The SMILES string of the molecule is CN(C)c1nc(NCC2CCC(NC(=O)c3ccccc3-c3ccccc3)CC2)nc2ccccc12. The minimum absolute atomic E-state index is 0.0109. The number of carbonyl (C=O) groups excluding carboxylic acids is 1.